The van der Waals surface area contributed by atoms with Crippen LogP contribution >= 0.6 is 0 Å². The van der Waals surface area contributed by atoms with Gasteiger partial charge in [-0.15, -0.1) is 0 Å². The van der Waals surface area contributed by atoms with Crippen LogP contribution in [0.25, 0.3) is 0 Å². The van der Waals surface area contributed by atoms with Gasteiger partial charge in [0, 0.05) is 0 Å². The van der Waals surface area contributed by atoms with E-state index in [1.165, 1.54) is 12.1 Å². The molecule has 0 radical (unpaired) electrons. The third-order valence-electron chi connectivity index (χ3n) is 3.66. The highest BCUT2D eigenvalue weighted by Gasteiger charge is 2.20. The Balaban J connectivity index is 2.49. The molecule has 1 N–H and O–H groups in total. The molecule has 0 unspecified atom stereocenters. The van der Waals surface area contributed by atoms with Crippen molar-refractivity contribution in [3.05, 3.63) is 58.9 Å². The van der Waals surface area contributed by atoms with Crippen molar-refractivity contribution in [1.82, 2.24) is 0 Å². The van der Waals surface area contributed by atoms with E-state index in [1.807, 2.05) is 32.0 Å². The molecule has 0 aliphatic heterocycles. The van der Waals surface area contributed by atoms with Gasteiger partial charge in [0.15, 0.2) is 0 Å². The van der Waals surface area contributed by atoms with Gasteiger partial charge in [-0.3, -0.25) is 4.72 Å². The van der Waals surface area contributed by atoms with Crippen LogP contribution in [0, 0.1) is 12.7 Å². The van der Waals surface area contributed by atoms with Crippen LogP contribution in [0.5, 0.6) is 0 Å². The molecule has 2 aromatic rings. The number of anilines is 1. The SMILES string of the molecule is CCc1cccc(CC)c1NS(=O)(=O)c1ccc(F)cc1C. The molecular formula is C17H20FNO2S. The van der Waals surface area contributed by atoms with Crippen molar-refractivity contribution < 1.29 is 12.8 Å². The molecule has 0 fully saturated rings. The van der Waals surface area contributed by atoms with E-state index in [9.17, 15) is 12.8 Å². The van der Waals surface area contributed by atoms with E-state index in [0.29, 0.717) is 11.3 Å². The Kier molecular flexibility index (Phi) is 4.86. The molecule has 2 aromatic carbocycles. The Bertz CT molecular complexity index is 763. The third kappa shape index (κ3) is 3.30. The number of hydrogen-bond acceptors (Lipinski definition) is 2. The summed E-state index contributed by atoms with van der Waals surface area (Å²) in [4.78, 5) is 0.0989. The Hall–Kier alpha value is -1.88. The Morgan fingerprint density at radius 1 is 1.05 bits per heavy atom. The van der Waals surface area contributed by atoms with Crippen molar-refractivity contribution in [2.75, 3.05) is 4.72 Å². The molecule has 0 aliphatic rings. The largest absolute Gasteiger partial charge is 0.279 e. The van der Waals surface area contributed by atoms with Gasteiger partial charge in [-0.05, 0) is 54.7 Å². The fraction of sp³-hybridized carbons (Fsp3) is 0.294. The van der Waals surface area contributed by atoms with E-state index in [-0.39, 0.29) is 4.90 Å². The highest BCUT2D eigenvalue weighted by Crippen LogP contribution is 2.27. The van der Waals surface area contributed by atoms with Crippen LogP contribution in [-0.4, -0.2) is 8.42 Å². The van der Waals surface area contributed by atoms with Gasteiger partial charge < -0.3 is 0 Å². The van der Waals surface area contributed by atoms with Crippen molar-refractivity contribution in [3.63, 3.8) is 0 Å². The Morgan fingerprint density at radius 2 is 1.64 bits per heavy atom. The Morgan fingerprint density at radius 3 is 2.14 bits per heavy atom. The number of sulfonamides is 1. The van der Waals surface area contributed by atoms with Crippen LogP contribution in [0.1, 0.15) is 30.5 Å². The molecule has 0 amide bonds. The average Bonchev–Trinajstić information content (AvgIpc) is 2.46. The normalized spacial score (nSPS) is 11.5. The summed E-state index contributed by atoms with van der Waals surface area (Å²) in [6.07, 6.45) is 1.46. The lowest BCUT2D eigenvalue weighted by Crippen LogP contribution is -2.16. The van der Waals surface area contributed by atoms with E-state index >= 15 is 0 Å². The monoisotopic (exact) mass is 321 g/mol. The standard InChI is InChI=1S/C17H20FNO2S/c1-4-13-7-6-8-14(5-2)17(13)19-22(20,21)16-10-9-15(18)11-12(16)3/h6-11,19H,4-5H2,1-3H3. The molecule has 0 saturated carbocycles. The summed E-state index contributed by atoms with van der Waals surface area (Å²) in [5.74, 6) is -0.445. The second kappa shape index (κ2) is 6.48. The molecule has 22 heavy (non-hydrogen) atoms. The smallest absolute Gasteiger partial charge is 0.262 e. The number of hydrogen-bond donors (Lipinski definition) is 1. The predicted molar refractivity (Wildman–Crippen MR) is 87.1 cm³/mol. The molecule has 118 valence electrons. The molecule has 3 nitrogen and oxygen atoms in total. The van der Waals surface area contributed by atoms with Crippen molar-refractivity contribution in [1.29, 1.82) is 0 Å². The second-order valence-electron chi connectivity index (χ2n) is 5.17. The first kappa shape index (κ1) is 16.5. The first-order valence-electron chi connectivity index (χ1n) is 7.28. The summed E-state index contributed by atoms with van der Waals surface area (Å²) in [5, 5.41) is 0. The van der Waals surface area contributed by atoms with E-state index in [2.05, 4.69) is 4.72 Å². The highest BCUT2D eigenvalue weighted by atomic mass is 32.2. The molecule has 0 aromatic heterocycles. The first-order valence-corrected chi connectivity index (χ1v) is 8.77. The summed E-state index contributed by atoms with van der Waals surface area (Å²) >= 11 is 0. The number of aryl methyl sites for hydroxylation is 3. The minimum atomic E-state index is -3.74. The van der Waals surface area contributed by atoms with Crippen LogP contribution in [0.4, 0.5) is 10.1 Å². The molecular weight excluding hydrogens is 301 g/mol. The van der Waals surface area contributed by atoms with Gasteiger partial charge in [0.1, 0.15) is 5.82 Å². The molecule has 0 heterocycles. The van der Waals surface area contributed by atoms with Crippen LogP contribution < -0.4 is 4.72 Å². The van der Waals surface area contributed by atoms with Gasteiger partial charge in [0.25, 0.3) is 10.0 Å². The maximum Gasteiger partial charge on any atom is 0.262 e. The lowest BCUT2D eigenvalue weighted by atomic mass is 10.0. The van der Waals surface area contributed by atoms with Crippen LogP contribution in [-0.2, 0) is 22.9 Å². The zero-order valence-corrected chi connectivity index (χ0v) is 13.8. The number of benzene rings is 2. The molecule has 0 atom stereocenters. The van der Waals surface area contributed by atoms with Gasteiger partial charge in [-0.1, -0.05) is 32.0 Å². The zero-order valence-electron chi connectivity index (χ0n) is 13.0. The molecule has 0 spiro atoms. The van der Waals surface area contributed by atoms with Crippen LogP contribution in [0.3, 0.4) is 0 Å². The van der Waals surface area contributed by atoms with Gasteiger partial charge in [0.05, 0.1) is 10.6 Å². The van der Waals surface area contributed by atoms with Crippen LogP contribution in [0.2, 0.25) is 0 Å². The Labute approximate surface area is 131 Å². The van der Waals surface area contributed by atoms with Crippen molar-refractivity contribution in [2.24, 2.45) is 0 Å². The summed E-state index contributed by atoms with van der Waals surface area (Å²) in [6, 6.07) is 9.43. The summed E-state index contributed by atoms with van der Waals surface area (Å²) < 4.78 is 41.1. The minimum absolute atomic E-state index is 0.0989. The molecule has 2 rings (SSSR count). The minimum Gasteiger partial charge on any atom is -0.279 e. The number of rotatable bonds is 5. The third-order valence-corrected chi connectivity index (χ3v) is 5.17. The van der Waals surface area contributed by atoms with Gasteiger partial charge >= 0.3 is 0 Å². The zero-order chi connectivity index (χ0) is 16.3. The van der Waals surface area contributed by atoms with Crippen molar-refractivity contribution in [2.45, 2.75) is 38.5 Å². The maximum atomic E-state index is 13.2. The molecule has 5 heteroatoms. The van der Waals surface area contributed by atoms with Crippen molar-refractivity contribution in [3.8, 4) is 0 Å². The summed E-state index contributed by atoms with van der Waals surface area (Å²) in [7, 11) is -3.74. The van der Waals surface area contributed by atoms with E-state index in [4.69, 9.17) is 0 Å². The first-order chi connectivity index (χ1) is 10.4. The van der Waals surface area contributed by atoms with Gasteiger partial charge in [-0.2, -0.15) is 0 Å². The van der Waals surface area contributed by atoms with Crippen molar-refractivity contribution >= 4 is 15.7 Å². The van der Waals surface area contributed by atoms with Gasteiger partial charge in [-0.25, -0.2) is 12.8 Å². The number of halogens is 1. The quantitative estimate of drug-likeness (QED) is 0.902. The molecule has 0 saturated heterocycles. The van der Waals surface area contributed by atoms with Gasteiger partial charge in [0.2, 0.25) is 0 Å². The molecule has 0 bridgehead atoms. The second-order valence-corrected chi connectivity index (χ2v) is 6.82. The van der Waals surface area contributed by atoms with E-state index in [0.717, 1.165) is 30.0 Å². The predicted octanol–water partition coefficient (Wildman–Crippen LogP) is 4.06. The topological polar surface area (TPSA) is 46.2 Å². The maximum absolute atomic E-state index is 13.2. The number of nitrogens with one attached hydrogen (secondary N) is 1. The number of para-hydroxylation sites is 1. The highest BCUT2D eigenvalue weighted by molar-refractivity contribution is 7.92. The molecule has 0 aliphatic carbocycles. The lowest BCUT2D eigenvalue weighted by molar-refractivity contribution is 0.598. The lowest BCUT2D eigenvalue weighted by Gasteiger charge is -2.16. The van der Waals surface area contributed by atoms with E-state index in [1.54, 1.807) is 6.92 Å². The average molecular weight is 321 g/mol. The fourth-order valence-electron chi connectivity index (χ4n) is 2.48. The summed E-state index contributed by atoms with van der Waals surface area (Å²) in [6.45, 7) is 5.55. The van der Waals surface area contributed by atoms with E-state index < -0.39 is 15.8 Å². The van der Waals surface area contributed by atoms with Crippen LogP contribution in [0.15, 0.2) is 41.3 Å². The fourth-order valence-corrected chi connectivity index (χ4v) is 3.85. The summed E-state index contributed by atoms with van der Waals surface area (Å²) in [5.41, 5.74) is 2.92.